The van der Waals surface area contributed by atoms with Gasteiger partial charge in [0.2, 0.25) is 0 Å². The van der Waals surface area contributed by atoms with Gasteiger partial charge in [0.1, 0.15) is 0 Å². The van der Waals surface area contributed by atoms with Crippen LogP contribution in [0.3, 0.4) is 0 Å². The Hall–Kier alpha value is -1.97. The summed E-state index contributed by atoms with van der Waals surface area (Å²) in [6.07, 6.45) is 0.267. The lowest BCUT2D eigenvalue weighted by molar-refractivity contribution is -0.143. The first kappa shape index (κ1) is 12.5. The molecule has 0 aliphatic rings. The van der Waals surface area contributed by atoms with Crippen molar-refractivity contribution in [1.29, 1.82) is 0 Å². The maximum Gasteiger partial charge on any atom is 0.306 e. The lowest BCUT2D eigenvalue weighted by atomic mass is 9.97. The fourth-order valence-corrected chi connectivity index (χ4v) is 2.22. The highest BCUT2D eigenvalue weighted by Crippen LogP contribution is 2.35. The number of para-hydroxylation sites is 1. The third-order valence-corrected chi connectivity index (χ3v) is 3.00. The van der Waals surface area contributed by atoms with Crippen LogP contribution < -0.4 is 0 Å². The predicted molar refractivity (Wildman–Crippen MR) is 69.6 cm³/mol. The Morgan fingerprint density at radius 3 is 2.89 bits per heavy atom. The summed E-state index contributed by atoms with van der Waals surface area (Å²) in [7, 11) is 0. The molecule has 0 radical (unpaired) electrons. The quantitative estimate of drug-likeness (QED) is 0.816. The molecule has 0 aliphatic carbocycles. The Balaban J connectivity index is 2.29. The second-order valence-electron chi connectivity index (χ2n) is 4.34. The molecule has 2 N–H and O–H groups in total. The van der Waals surface area contributed by atoms with E-state index in [0.717, 1.165) is 16.5 Å². The van der Waals surface area contributed by atoms with Crippen LogP contribution in [-0.4, -0.2) is 22.7 Å². The van der Waals surface area contributed by atoms with E-state index >= 15 is 0 Å². The smallest absolute Gasteiger partial charge is 0.306 e. The molecule has 2 aromatic rings. The largest absolute Gasteiger partial charge is 0.494 e. The van der Waals surface area contributed by atoms with E-state index in [9.17, 15) is 9.90 Å². The summed E-state index contributed by atoms with van der Waals surface area (Å²) in [4.78, 5) is 14.4. The average molecular weight is 247 g/mol. The van der Waals surface area contributed by atoms with E-state index in [1.165, 1.54) is 0 Å². The Labute approximate surface area is 106 Å². The van der Waals surface area contributed by atoms with E-state index in [4.69, 9.17) is 4.74 Å². The monoisotopic (exact) mass is 247 g/mol. The summed E-state index contributed by atoms with van der Waals surface area (Å²) in [5.41, 5.74) is 1.65. The van der Waals surface area contributed by atoms with Crippen molar-refractivity contribution < 1.29 is 14.6 Å². The number of hydrogen-bond donors (Lipinski definition) is 2. The van der Waals surface area contributed by atoms with Gasteiger partial charge in [-0.15, -0.1) is 0 Å². The van der Waals surface area contributed by atoms with E-state index in [2.05, 4.69) is 4.98 Å². The summed E-state index contributed by atoms with van der Waals surface area (Å²) in [6, 6.07) is 7.65. The first-order valence-electron chi connectivity index (χ1n) is 6.08. The standard InChI is InChI=1S/C14H17NO3/c1-3-18-12(16)8-9(2)13-10-6-4-5-7-11(10)15-14(13)17/h4-7,9,15,17H,3,8H2,1-2H3. The van der Waals surface area contributed by atoms with Crippen molar-refractivity contribution >= 4 is 16.9 Å². The SMILES string of the molecule is CCOC(=O)CC(C)c1c(O)[nH]c2ccccc12. The van der Waals surface area contributed by atoms with E-state index in [1.54, 1.807) is 6.92 Å². The minimum Gasteiger partial charge on any atom is -0.494 e. The summed E-state index contributed by atoms with van der Waals surface area (Å²) in [5, 5.41) is 10.9. The first-order chi connectivity index (χ1) is 8.63. The molecule has 0 saturated heterocycles. The molecule has 0 bridgehead atoms. The predicted octanol–water partition coefficient (Wildman–Crippen LogP) is 2.93. The molecule has 4 nitrogen and oxygen atoms in total. The summed E-state index contributed by atoms with van der Waals surface area (Å²) in [6.45, 7) is 4.07. The number of carbonyl (C=O) groups excluding carboxylic acids is 1. The van der Waals surface area contributed by atoms with E-state index in [0.29, 0.717) is 6.61 Å². The minimum absolute atomic E-state index is 0.0831. The van der Waals surface area contributed by atoms with Gasteiger partial charge in [-0.05, 0) is 18.9 Å². The Kier molecular flexibility index (Phi) is 3.55. The van der Waals surface area contributed by atoms with Crippen molar-refractivity contribution in [2.75, 3.05) is 6.61 Å². The van der Waals surface area contributed by atoms with Crippen LogP contribution in [-0.2, 0) is 9.53 Å². The Bertz CT molecular complexity index is 559. The maximum absolute atomic E-state index is 11.5. The van der Waals surface area contributed by atoms with Gasteiger partial charge in [0.05, 0.1) is 13.0 Å². The lowest BCUT2D eigenvalue weighted by Crippen LogP contribution is -2.08. The summed E-state index contributed by atoms with van der Waals surface area (Å²) in [5.74, 6) is -0.192. The molecule has 0 spiro atoms. The van der Waals surface area contributed by atoms with Gasteiger partial charge in [-0.1, -0.05) is 25.1 Å². The Morgan fingerprint density at radius 2 is 2.17 bits per heavy atom. The number of carbonyl (C=O) groups is 1. The van der Waals surface area contributed by atoms with Crippen LogP contribution in [0.25, 0.3) is 10.9 Å². The first-order valence-corrected chi connectivity index (χ1v) is 6.08. The second-order valence-corrected chi connectivity index (χ2v) is 4.34. The number of nitrogens with one attached hydrogen (secondary N) is 1. The maximum atomic E-state index is 11.5. The lowest BCUT2D eigenvalue weighted by Gasteiger charge is -2.10. The van der Waals surface area contributed by atoms with Gasteiger partial charge in [-0.3, -0.25) is 4.79 Å². The molecular weight excluding hydrogens is 230 g/mol. The van der Waals surface area contributed by atoms with E-state index in [1.807, 2.05) is 31.2 Å². The highest BCUT2D eigenvalue weighted by Gasteiger charge is 2.19. The zero-order chi connectivity index (χ0) is 13.1. The third-order valence-electron chi connectivity index (χ3n) is 3.00. The molecule has 18 heavy (non-hydrogen) atoms. The van der Waals surface area contributed by atoms with Crippen LogP contribution in [0.5, 0.6) is 5.88 Å². The number of fused-ring (bicyclic) bond motifs is 1. The number of aromatic hydroxyl groups is 1. The molecule has 1 unspecified atom stereocenters. The molecule has 4 heteroatoms. The molecule has 1 aromatic heterocycles. The molecule has 0 amide bonds. The van der Waals surface area contributed by atoms with Gasteiger partial charge in [0.25, 0.3) is 0 Å². The van der Waals surface area contributed by atoms with Crippen molar-refractivity contribution in [3.8, 4) is 5.88 Å². The van der Waals surface area contributed by atoms with Gasteiger partial charge in [-0.25, -0.2) is 0 Å². The van der Waals surface area contributed by atoms with E-state index < -0.39 is 0 Å². The number of ether oxygens (including phenoxy) is 1. The molecule has 1 heterocycles. The highest BCUT2D eigenvalue weighted by molar-refractivity contribution is 5.87. The van der Waals surface area contributed by atoms with Crippen LogP contribution in [0.1, 0.15) is 31.7 Å². The van der Waals surface area contributed by atoms with Crippen LogP contribution in [0.15, 0.2) is 24.3 Å². The molecule has 0 saturated carbocycles. The normalized spacial score (nSPS) is 12.6. The molecule has 1 atom stereocenters. The van der Waals surface area contributed by atoms with Gasteiger partial charge in [0.15, 0.2) is 5.88 Å². The third kappa shape index (κ3) is 2.32. The fourth-order valence-electron chi connectivity index (χ4n) is 2.22. The van der Waals surface area contributed by atoms with E-state index in [-0.39, 0.29) is 24.2 Å². The second kappa shape index (κ2) is 5.12. The number of benzene rings is 1. The average Bonchev–Trinajstić information content (AvgIpc) is 2.64. The topological polar surface area (TPSA) is 62.3 Å². The number of esters is 1. The van der Waals surface area contributed by atoms with Crippen LogP contribution in [0.4, 0.5) is 0 Å². The number of aromatic nitrogens is 1. The van der Waals surface area contributed by atoms with Crippen molar-refractivity contribution in [2.45, 2.75) is 26.2 Å². The highest BCUT2D eigenvalue weighted by atomic mass is 16.5. The Morgan fingerprint density at radius 1 is 1.44 bits per heavy atom. The minimum atomic E-state index is -0.241. The van der Waals surface area contributed by atoms with Crippen LogP contribution in [0, 0.1) is 0 Å². The van der Waals surface area contributed by atoms with Crippen molar-refractivity contribution in [3.05, 3.63) is 29.8 Å². The fraction of sp³-hybridized carbons (Fsp3) is 0.357. The van der Waals surface area contributed by atoms with Crippen molar-refractivity contribution in [1.82, 2.24) is 4.98 Å². The molecule has 0 aliphatic heterocycles. The molecule has 2 rings (SSSR count). The van der Waals surface area contributed by atoms with Crippen LogP contribution in [0.2, 0.25) is 0 Å². The van der Waals surface area contributed by atoms with Crippen LogP contribution >= 0.6 is 0 Å². The zero-order valence-electron chi connectivity index (χ0n) is 10.6. The number of H-pyrrole nitrogens is 1. The summed E-state index contributed by atoms with van der Waals surface area (Å²) < 4.78 is 4.93. The van der Waals surface area contributed by atoms with Gasteiger partial charge in [0, 0.05) is 16.5 Å². The summed E-state index contributed by atoms with van der Waals surface area (Å²) >= 11 is 0. The molecule has 0 fully saturated rings. The molecule has 1 aromatic carbocycles. The number of aromatic amines is 1. The van der Waals surface area contributed by atoms with Gasteiger partial charge < -0.3 is 14.8 Å². The van der Waals surface area contributed by atoms with Crippen molar-refractivity contribution in [3.63, 3.8) is 0 Å². The van der Waals surface area contributed by atoms with Gasteiger partial charge in [-0.2, -0.15) is 0 Å². The molecule has 96 valence electrons. The number of rotatable bonds is 4. The van der Waals surface area contributed by atoms with Gasteiger partial charge >= 0.3 is 5.97 Å². The molecular formula is C14H17NO3. The zero-order valence-corrected chi connectivity index (χ0v) is 10.6. The van der Waals surface area contributed by atoms with Crippen molar-refractivity contribution in [2.24, 2.45) is 0 Å². The number of hydrogen-bond acceptors (Lipinski definition) is 3.